The number of rotatable bonds is 14. The van der Waals surface area contributed by atoms with E-state index in [1.54, 1.807) is 0 Å². The predicted molar refractivity (Wildman–Crippen MR) is 280 cm³/mol. The number of aryl methyl sites for hydroxylation is 2. The molecular weight excluding hydrogens is 878 g/mol. The van der Waals surface area contributed by atoms with Gasteiger partial charge in [-0.15, -0.1) is 0 Å². The highest BCUT2D eigenvalue weighted by Crippen LogP contribution is 2.27. The first-order valence-corrected chi connectivity index (χ1v) is 24.6. The van der Waals surface area contributed by atoms with Crippen LogP contribution >= 0.6 is 0 Å². The topological polar surface area (TPSA) is 135 Å². The van der Waals surface area contributed by atoms with Crippen LogP contribution in [-0.4, -0.2) is 90.1 Å². The van der Waals surface area contributed by atoms with Crippen LogP contribution in [0.25, 0.3) is 21.8 Å². The number of para-hydroxylation sites is 3. The largest absolute Gasteiger partial charge is 0.337 e. The molecule has 0 saturated carbocycles. The number of fused-ring (bicyclic) bond motifs is 2. The molecule has 0 unspecified atom stereocenters. The molecule has 0 spiro atoms. The molecule has 70 heavy (non-hydrogen) atoms. The van der Waals surface area contributed by atoms with Crippen LogP contribution in [0.4, 0.5) is 31.0 Å². The summed E-state index contributed by atoms with van der Waals surface area (Å²) < 4.78 is 13.1. The third-order valence-corrected chi connectivity index (χ3v) is 13.2. The van der Waals surface area contributed by atoms with Crippen molar-refractivity contribution >= 4 is 56.8 Å². The fourth-order valence-corrected chi connectivity index (χ4v) is 9.47. The lowest BCUT2D eigenvalue weighted by atomic mass is 9.90. The van der Waals surface area contributed by atoms with Crippen molar-refractivity contribution in [3.63, 3.8) is 0 Å². The van der Waals surface area contributed by atoms with Crippen LogP contribution in [0.15, 0.2) is 146 Å². The average Bonchev–Trinajstić information content (AvgIpc) is 3.37. The second-order valence-electron chi connectivity index (χ2n) is 18.4. The van der Waals surface area contributed by atoms with Crippen LogP contribution in [0.3, 0.4) is 0 Å². The summed E-state index contributed by atoms with van der Waals surface area (Å²) in [6.45, 7) is 10.9. The molecule has 5 aromatic carbocycles. The zero-order valence-electron chi connectivity index (χ0n) is 40.2. The SMILES string of the molecule is Cc1cc(NC(=O)NCCN2CCC(C(=O)N(Cc3ccccc3)c3ccccc3)CC2)c2ccccc2n1.Cc1cc(NC(=O)NCCN2CCC(Cc3ccc(F)cc3)CC2)c2ccccc2n1. The van der Waals surface area contributed by atoms with Gasteiger partial charge in [-0.3, -0.25) is 14.8 Å². The fourth-order valence-electron chi connectivity index (χ4n) is 9.47. The van der Waals surface area contributed by atoms with E-state index in [2.05, 4.69) is 53.2 Å². The summed E-state index contributed by atoms with van der Waals surface area (Å²) in [7, 11) is 0. The number of benzene rings is 5. The Morgan fingerprint density at radius 2 is 1.06 bits per heavy atom. The Bertz CT molecular complexity index is 2820. The van der Waals surface area contributed by atoms with Gasteiger partial charge in [0.2, 0.25) is 5.91 Å². The van der Waals surface area contributed by atoms with Gasteiger partial charge in [-0.1, -0.05) is 97.1 Å². The fraction of sp³-hybridized carbons (Fsp3) is 0.316. The first-order valence-electron chi connectivity index (χ1n) is 24.6. The number of nitrogens with zero attached hydrogens (tertiary/aromatic N) is 5. The van der Waals surface area contributed by atoms with Gasteiger partial charge in [0.25, 0.3) is 0 Å². The van der Waals surface area contributed by atoms with E-state index in [1.165, 1.54) is 17.7 Å². The molecule has 12 nitrogen and oxygen atoms in total. The average molecular weight is 942 g/mol. The van der Waals surface area contributed by atoms with E-state index in [-0.39, 0.29) is 29.7 Å². The Kier molecular flexibility index (Phi) is 17.1. The normalized spacial score (nSPS) is 14.6. The molecule has 4 N–H and O–H groups in total. The molecule has 2 fully saturated rings. The molecular formula is C57H64FN9O3. The summed E-state index contributed by atoms with van der Waals surface area (Å²) in [5.74, 6) is 0.634. The third kappa shape index (κ3) is 14.0. The van der Waals surface area contributed by atoms with Gasteiger partial charge in [0.15, 0.2) is 0 Å². The van der Waals surface area contributed by atoms with Crippen molar-refractivity contribution in [2.24, 2.45) is 11.8 Å². The van der Waals surface area contributed by atoms with E-state index in [9.17, 15) is 18.8 Å². The van der Waals surface area contributed by atoms with E-state index in [1.807, 2.05) is 140 Å². The van der Waals surface area contributed by atoms with E-state index in [0.29, 0.717) is 25.6 Å². The molecule has 7 aromatic rings. The van der Waals surface area contributed by atoms with Gasteiger partial charge in [-0.05, 0) is 138 Å². The number of pyridine rings is 2. The number of urea groups is 2. The van der Waals surface area contributed by atoms with Gasteiger partial charge in [-0.25, -0.2) is 14.0 Å². The quantitative estimate of drug-likeness (QED) is 0.0853. The number of carbonyl (C=O) groups is 3. The molecule has 0 radical (unpaired) electrons. The van der Waals surface area contributed by atoms with Crippen molar-refractivity contribution in [3.05, 3.63) is 174 Å². The number of hydrogen-bond acceptors (Lipinski definition) is 7. The summed E-state index contributed by atoms with van der Waals surface area (Å²) in [6, 6.07) is 45.9. The highest BCUT2D eigenvalue weighted by molar-refractivity contribution is 6.01. The van der Waals surface area contributed by atoms with Crippen molar-refractivity contribution in [2.75, 3.05) is 67.9 Å². The van der Waals surface area contributed by atoms with Crippen LogP contribution in [0, 0.1) is 31.5 Å². The maximum absolute atomic E-state index is 13.6. The number of halogens is 1. The molecule has 5 amide bonds. The second-order valence-corrected chi connectivity index (χ2v) is 18.4. The molecule has 0 atom stereocenters. The summed E-state index contributed by atoms with van der Waals surface area (Å²) in [4.78, 5) is 54.3. The van der Waals surface area contributed by atoms with Gasteiger partial charge in [0.05, 0.1) is 29.0 Å². The molecule has 2 saturated heterocycles. The summed E-state index contributed by atoms with van der Waals surface area (Å²) in [6.07, 6.45) is 4.89. The third-order valence-electron chi connectivity index (χ3n) is 13.2. The highest BCUT2D eigenvalue weighted by atomic mass is 19.1. The lowest BCUT2D eigenvalue weighted by Crippen LogP contribution is -2.44. The van der Waals surface area contributed by atoms with E-state index in [4.69, 9.17) is 0 Å². The Morgan fingerprint density at radius 3 is 1.59 bits per heavy atom. The first-order chi connectivity index (χ1) is 34.1. The Labute approximate surface area is 410 Å². The Hall–Kier alpha value is -7.22. The second kappa shape index (κ2) is 24.4. The van der Waals surface area contributed by atoms with E-state index in [0.717, 1.165) is 127 Å². The molecule has 0 bridgehead atoms. The van der Waals surface area contributed by atoms with Crippen LogP contribution in [0.2, 0.25) is 0 Å². The van der Waals surface area contributed by atoms with Gasteiger partial charge in [0, 0.05) is 59.9 Å². The molecule has 2 aliphatic rings. The van der Waals surface area contributed by atoms with Gasteiger partial charge in [0.1, 0.15) is 5.82 Å². The molecule has 2 aromatic heterocycles. The molecule has 4 heterocycles. The maximum atomic E-state index is 13.6. The summed E-state index contributed by atoms with van der Waals surface area (Å²) >= 11 is 0. The number of anilines is 3. The maximum Gasteiger partial charge on any atom is 0.319 e. The number of carbonyl (C=O) groups excluding carboxylic acids is 3. The standard InChI is InChI=1S/C32H35N5O2.C25H29FN4O/c1-24-22-30(28-14-8-9-15-29(28)34-24)35-32(39)33-18-21-36-19-16-26(17-20-36)31(38)37(27-12-6-3-7-13-27)23-25-10-4-2-5-11-25;1-18-16-24(22-4-2-3-5-23(22)28-18)29-25(31)27-12-15-30-13-10-20(11-14-30)17-19-6-8-21(26)9-7-19/h2-15,22,26H,16-21,23H2,1H3,(H2,33,34,35,39);2-9,16,20H,10-15,17H2,1H3,(H2,27,28,29,31). The number of nitrogens with one attached hydrogen (secondary N) is 4. The predicted octanol–water partition coefficient (Wildman–Crippen LogP) is 10.4. The van der Waals surface area contributed by atoms with E-state index >= 15 is 0 Å². The van der Waals surface area contributed by atoms with Crippen molar-refractivity contribution in [2.45, 2.75) is 52.5 Å². The number of likely N-dealkylation sites (tertiary alicyclic amines) is 2. The van der Waals surface area contributed by atoms with Crippen LogP contribution in [0.1, 0.15) is 48.2 Å². The minimum Gasteiger partial charge on any atom is -0.337 e. The summed E-state index contributed by atoms with van der Waals surface area (Å²) in [5.41, 5.74) is 8.26. The molecule has 2 aliphatic heterocycles. The Balaban J connectivity index is 0.000000193. The molecule has 9 rings (SSSR count). The Morgan fingerprint density at radius 1 is 0.586 bits per heavy atom. The monoisotopic (exact) mass is 942 g/mol. The first kappa shape index (κ1) is 49.2. The molecule has 13 heteroatoms. The smallest absolute Gasteiger partial charge is 0.319 e. The summed E-state index contributed by atoms with van der Waals surface area (Å²) in [5, 5.41) is 13.7. The lowest BCUT2D eigenvalue weighted by molar-refractivity contribution is -0.123. The van der Waals surface area contributed by atoms with Crippen LogP contribution in [-0.2, 0) is 17.8 Å². The van der Waals surface area contributed by atoms with Crippen LogP contribution in [0.5, 0.6) is 0 Å². The number of amides is 5. The van der Waals surface area contributed by atoms with E-state index < -0.39 is 0 Å². The molecule has 0 aliphatic carbocycles. The molecule has 362 valence electrons. The van der Waals surface area contributed by atoms with Crippen LogP contribution < -0.4 is 26.2 Å². The minimum atomic E-state index is -0.227. The van der Waals surface area contributed by atoms with Crippen molar-refractivity contribution in [1.29, 1.82) is 0 Å². The highest BCUT2D eigenvalue weighted by Gasteiger charge is 2.29. The van der Waals surface area contributed by atoms with Gasteiger partial charge in [-0.2, -0.15) is 0 Å². The van der Waals surface area contributed by atoms with Crippen molar-refractivity contribution in [3.8, 4) is 0 Å². The lowest BCUT2D eigenvalue weighted by Gasteiger charge is -2.34. The van der Waals surface area contributed by atoms with Crippen molar-refractivity contribution in [1.82, 2.24) is 30.4 Å². The number of hydrogen-bond donors (Lipinski definition) is 4. The zero-order valence-corrected chi connectivity index (χ0v) is 40.2. The van der Waals surface area contributed by atoms with Gasteiger partial charge >= 0.3 is 12.1 Å². The van der Waals surface area contributed by atoms with Crippen molar-refractivity contribution < 1.29 is 18.8 Å². The van der Waals surface area contributed by atoms with Gasteiger partial charge < -0.3 is 36.0 Å². The number of piperidine rings is 2. The number of aromatic nitrogens is 2. The minimum absolute atomic E-state index is 0.00960. The zero-order chi connectivity index (χ0) is 48.7.